The molecule has 3 aromatic rings. The largest absolute Gasteiger partial charge is 0.463 e. The monoisotopic (exact) mass is 559 g/mol. The number of esters is 1. The zero-order valence-corrected chi connectivity index (χ0v) is 23.9. The first kappa shape index (κ1) is 26.4. The predicted octanol–water partition coefficient (Wildman–Crippen LogP) is 4.22. The third-order valence-corrected chi connectivity index (χ3v) is 8.60. The maximum Gasteiger partial charge on any atom is 0.338 e. The molecule has 9 heteroatoms. The Morgan fingerprint density at radius 1 is 1.12 bits per heavy atom. The van der Waals surface area contributed by atoms with Gasteiger partial charge in [0.1, 0.15) is 0 Å². The number of thiazole rings is 1. The fourth-order valence-corrected chi connectivity index (χ4v) is 6.67. The number of carbonyl (C=O) groups is 1. The van der Waals surface area contributed by atoms with Gasteiger partial charge in [0.15, 0.2) is 16.3 Å². The molecule has 0 unspecified atom stereocenters. The molecule has 6 rings (SSSR count). The molecule has 40 heavy (non-hydrogen) atoms. The van der Waals surface area contributed by atoms with Crippen LogP contribution in [0.2, 0.25) is 0 Å². The molecule has 0 bridgehead atoms. The summed E-state index contributed by atoms with van der Waals surface area (Å²) in [7, 11) is 0. The molecule has 1 fully saturated rings. The van der Waals surface area contributed by atoms with Crippen molar-refractivity contribution >= 4 is 29.1 Å². The molecule has 1 saturated heterocycles. The van der Waals surface area contributed by atoms with Gasteiger partial charge in [-0.15, -0.1) is 0 Å². The van der Waals surface area contributed by atoms with Crippen molar-refractivity contribution < 1.29 is 19.0 Å². The normalized spacial score (nSPS) is 18.2. The highest BCUT2D eigenvalue weighted by molar-refractivity contribution is 7.07. The summed E-state index contributed by atoms with van der Waals surface area (Å²) in [6.45, 7) is 8.44. The van der Waals surface area contributed by atoms with E-state index in [1.54, 1.807) is 11.5 Å². The second-order valence-corrected chi connectivity index (χ2v) is 11.3. The van der Waals surface area contributed by atoms with Gasteiger partial charge in [-0.1, -0.05) is 36.8 Å². The first-order valence-electron chi connectivity index (χ1n) is 14.0. The van der Waals surface area contributed by atoms with Gasteiger partial charge in [-0.05, 0) is 80.1 Å². The molecule has 0 amide bonds. The topological polar surface area (TPSA) is 82.4 Å². The van der Waals surface area contributed by atoms with Gasteiger partial charge in [0, 0.05) is 18.8 Å². The minimum Gasteiger partial charge on any atom is -0.463 e. The van der Waals surface area contributed by atoms with Gasteiger partial charge < -0.3 is 19.1 Å². The number of fused-ring (bicyclic) bond motifs is 2. The van der Waals surface area contributed by atoms with Crippen LogP contribution in [0.5, 0.6) is 11.5 Å². The number of hydrogen-bond donors (Lipinski definition) is 0. The van der Waals surface area contributed by atoms with Crippen LogP contribution in [-0.4, -0.2) is 37.0 Å². The molecule has 0 aliphatic carbocycles. The average Bonchev–Trinajstić information content (AvgIpc) is 3.70. The summed E-state index contributed by atoms with van der Waals surface area (Å²) in [6, 6.07) is 11.3. The highest BCUT2D eigenvalue weighted by Gasteiger charge is 2.35. The van der Waals surface area contributed by atoms with E-state index in [-0.39, 0.29) is 19.0 Å². The Bertz CT molecular complexity index is 1680. The summed E-state index contributed by atoms with van der Waals surface area (Å²) in [6.07, 6.45) is 5.78. The molecule has 1 aromatic heterocycles. The second-order valence-electron chi connectivity index (χ2n) is 10.3. The number of aryl methyl sites for hydroxylation is 1. The van der Waals surface area contributed by atoms with Crippen LogP contribution >= 0.6 is 11.3 Å². The Kier molecular flexibility index (Phi) is 7.23. The molecule has 0 spiro atoms. The van der Waals surface area contributed by atoms with Gasteiger partial charge in [0.25, 0.3) is 5.56 Å². The van der Waals surface area contributed by atoms with Crippen molar-refractivity contribution in [3.8, 4) is 11.5 Å². The maximum absolute atomic E-state index is 14.1. The van der Waals surface area contributed by atoms with Crippen LogP contribution in [-0.2, 0) is 9.53 Å². The van der Waals surface area contributed by atoms with Crippen LogP contribution in [0.15, 0.2) is 57.5 Å². The summed E-state index contributed by atoms with van der Waals surface area (Å²) in [5.41, 5.74) is 4.93. The van der Waals surface area contributed by atoms with Crippen molar-refractivity contribution in [2.45, 2.75) is 52.5 Å². The molecule has 3 aliphatic heterocycles. The number of aromatic nitrogens is 1. The lowest BCUT2D eigenvalue weighted by Crippen LogP contribution is -2.40. The zero-order chi connectivity index (χ0) is 27.8. The zero-order valence-electron chi connectivity index (χ0n) is 23.1. The molecule has 3 aliphatic rings. The number of ether oxygens (including phenoxy) is 3. The molecule has 2 aromatic carbocycles. The van der Waals surface area contributed by atoms with Gasteiger partial charge in [-0.3, -0.25) is 9.36 Å². The molecule has 0 radical (unpaired) electrons. The number of anilines is 1. The minimum atomic E-state index is -0.688. The van der Waals surface area contributed by atoms with Crippen molar-refractivity contribution in [1.29, 1.82) is 0 Å². The van der Waals surface area contributed by atoms with Gasteiger partial charge in [-0.2, -0.15) is 0 Å². The SMILES string of the molecule is CCCC1=C(C(=O)OCC)[C@H](c2ccc3c(c2)OCO3)n2c(s/c(=C/c3ccc(N4CCCC4)cc3C)c2=O)=N1. The van der Waals surface area contributed by atoms with E-state index in [4.69, 9.17) is 19.2 Å². The second kappa shape index (κ2) is 11.0. The van der Waals surface area contributed by atoms with Crippen LogP contribution in [0.4, 0.5) is 5.69 Å². The molecule has 8 nitrogen and oxygen atoms in total. The number of allylic oxidation sites excluding steroid dienone is 1. The quantitative estimate of drug-likeness (QED) is 0.404. The summed E-state index contributed by atoms with van der Waals surface area (Å²) >= 11 is 1.35. The van der Waals surface area contributed by atoms with Crippen molar-refractivity contribution in [3.63, 3.8) is 0 Å². The van der Waals surface area contributed by atoms with Crippen molar-refractivity contribution in [2.75, 3.05) is 31.4 Å². The summed E-state index contributed by atoms with van der Waals surface area (Å²) < 4.78 is 18.8. The van der Waals surface area contributed by atoms with Crippen molar-refractivity contribution in [3.05, 3.63) is 84.0 Å². The molecular formula is C31H33N3O5S. The fraction of sp³-hybridized carbons (Fsp3) is 0.387. The van der Waals surface area contributed by atoms with E-state index < -0.39 is 12.0 Å². The average molecular weight is 560 g/mol. The third-order valence-electron chi connectivity index (χ3n) is 7.62. The number of nitrogens with zero attached hydrogens (tertiary/aromatic N) is 3. The fourth-order valence-electron chi connectivity index (χ4n) is 5.65. The smallest absolute Gasteiger partial charge is 0.338 e. The standard InChI is InChI=1S/C31H33N3O5S/c1-4-8-23-27(30(36)37-5-2)28(21-10-12-24-25(16-21)39-18-38-24)34-29(35)26(40-31(34)32-23)17-20-9-11-22(15-19(20)3)33-13-6-7-14-33/h9-12,15-17,28H,4-8,13-14,18H2,1-3H3/b26-17+/t28-/m0/s1. The minimum absolute atomic E-state index is 0.138. The lowest BCUT2D eigenvalue weighted by atomic mass is 9.94. The lowest BCUT2D eigenvalue weighted by Gasteiger charge is -2.25. The summed E-state index contributed by atoms with van der Waals surface area (Å²) in [5.74, 6) is 0.769. The van der Waals surface area contributed by atoms with Crippen LogP contribution in [0, 0.1) is 6.92 Å². The van der Waals surface area contributed by atoms with E-state index in [0.717, 1.165) is 36.2 Å². The molecule has 208 valence electrons. The Morgan fingerprint density at radius 2 is 1.93 bits per heavy atom. The number of rotatable bonds is 7. The molecule has 1 atom stereocenters. The Morgan fingerprint density at radius 3 is 2.67 bits per heavy atom. The summed E-state index contributed by atoms with van der Waals surface area (Å²) in [4.78, 5) is 35.3. The molecule has 0 saturated carbocycles. The van der Waals surface area contributed by atoms with Gasteiger partial charge >= 0.3 is 5.97 Å². The van der Waals surface area contributed by atoms with Crippen LogP contribution in [0.1, 0.15) is 62.3 Å². The first-order valence-corrected chi connectivity index (χ1v) is 14.8. The number of carbonyl (C=O) groups excluding carboxylic acids is 1. The van der Waals surface area contributed by atoms with E-state index in [1.807, 2.05) is 31.2 Å². The Balaban J connectivity index is 1.51. The Labute approximate surface area is 236 Å². The van der Waals surface area contributed by atoms with Crippen molar-refractivity contribution in [2.24, 2.45) is 4.99 Å². The van der Waals surface area contributed by atoms with E-state index in [9.17, 15) is 9.59 Å². The summed E-state index contributed by atoms with van der Waals surface area (Å²) in [5, 5.41) is 0. The van der Waals surface area contributed by atoms with Gasteiger partial charge in [0.05, 0.1) is 28.5 Å². The van der Waals surface area contributed by atoms with E-state index in [1.165, 1.54) is 29.9 Å². The number of hydrogen-bond acceptors (Lipinski definition) is 8. The van der Waals surface area contributed by atoms with E-state index in [0.29, 0.717) is 38.5 Å². The predicted molar refractivity (Wildman–Crippen MR) is 155 cm³/mol. The van der Waals surface area contributed by atoms with Gasteiger partial charge in [0.2, 0.25) is 6.79 Å². The molecule has 4 heterocycles. The van der Waals surface area contributed by atoms with Crippen LogP contribution in [0.3, 0.4) is 0 Å². The third kappa shape index (κ3) is 4.72. The van der Waals surface area contributed by atoms with Crippen molar-refractivity contribution in [1.82, 2.24) is 4.57 Å². The molecular weight excluding hydrogens is 526 g/mol. The number of benzene rings is 2. The lowest BCUT2D eigenvalue weighted by molar-refractivity contribution is -0.139. The Hall–Kier alpha value is -3.85. The van der Waals surface area contributed by atoms with Crippen LogP contribution in [0.25, 0.3) is 6.08 Å². The maximum atomic E-state index is 14.1. The highest BCUT2D eigenvalue weighted by Crippen LogP contribution is 2.39. The highest BCUT2D eigenvalue weighted by atomic mass is 32.1. The molecule has 0 N–H and O–H groups in total. The van der Waals surface area contributed by atoms with E-state index in [2.05, 4.69) is 30.0 Å². The van der Waals surface area contributed by atoms with Crippen LogP contribution < -0.4 is 29.3 Å². The van der Waals surface area contributed by atoms with E-state index >= 15 is 0 Å². The first-order chi connectivity index (χ1) is 19.5. The van der Waals surface area contributed by atoms with Gasteiger partial charge in [-0.25, -0.2) is 9.79 Å².